The lowest BCUT2D eigenvalue weighted by Gasteiger charge is -2.08. The third kappa shape index (κ3) is 4.38. The van der Waals surface area contributed by atoms with Crippen molar-refractivity contribution in [3.63, 3.8) is 0 Å². The van der Waals surface area contributed by atoms with Gasteiger partial charge in [0.25, 0.3) is 0 Å². The van der Waals surface area contributed by atoms with Crippen molar-refractivity contribution in [1.29, 1.82) is 0 Å². The molecule has 0 saturated heterocycles. The highest BCUT2D eigenvalue weighted by atomic mass is 35.5. The summed E-state index contributed by atoms with van der Waals surface area (Å²) in [6, 6.07) is 17.3. The lowest BCUT2D eigenvalue weighted by Crippen LogP contribution is -2.16. The minimum Gasteiger partial charge on any atom is -0.236 e. The molecule has 3 nitrogen and oxygen atoms in total. The number of halogens is 2. The first-order chi connectivity index (χ1) is 13.8. The zero-order chi connectivity index (χ0) is 20.6. The second-order valence-electron chi connectivity index (χ2n) is 7.83. The van der Waals surface area contributed by atoms with E-state index >= 15 is 0 Å². The maximum atomic E-state index is 6.07. The molecule has 2 aromatic heterocycles. The summed E-state index contributed by atoms with van der Waals surface area (Å²) in [6.45, 7) is 6.67. The molecule has 0 aliphatic rings. The van der Waals surface area contributed by atoms with Gasteiger partial charge in [-0.2, -0.15) is 5.10 Å². The molecule has 2 aromatic carbocycles. The first-order valence-electron chi connectivity index (χ1n) is 9.24. The van der Waals surface area contributed by atoms with E-state index in [9.17, 15) is 0 Å². The van der Waals surface area contributed by atoms with E-state index in [4.69, 9.17) is 28.3 Å². The molecule has 2 heterocycles. The van der Waals surface area contributed by atoms with Gasteiger partial charge in [-0.1, -0.05) is 73.0 Å². The Labute approximate surface area is 181 Å². The average Bonchev–Trinajstić information content (AvgIpc) is 3.11. The Morgan fingerprint density at radius 3 is 2.03 bits per heavy atom. The quantitative estimate of drug-likeness (QED) is 0.262. The van der Waals surface area contributed by atoms with Gasteiger partial charge >= 0.3 is 0 Å². The highest BCUT2D eigenvalue weighted by Gasteiger charge is 2.15. The first-order valence-corrected chi connectivity index (χ1v) is 13.5. The van der Waals surface area contributed by atoms with Crippen LogP contribution in [0.5, 0.6) is 0 Å². The van der Waals surface area contributed by atoms with Gasteiger partial charge in [0, 0.05) is 33.4 Å². The van der Waals surface area contributed by atoms with Crippen LogP contribution in [0.3, 0.4) is 0 Å². The van der Waals surface area contributed by atoms with E-state index in [1.165, 1.54) is 0 Å². The summed E-state index contributed by atoms with van der Waals surface area (Å²) < 4.78 is 1.83. The molecule has 144 valence electrons. The number of nitrogens with zero attached hydrogens (tertiary/aromatic N) is 3. The van der Waals surface area contributed by atoms with Crippen LogP contribution >= 0.6 is 23.2 Å². The number of hydrogen-bond donors (Lipinski definition) is 0. The van der Waals surface area contributed by atoms with Crippen LogP contribution in [0.1, 0.15) is 5.69 Å². The summed E-state index contributed by atoms with van der Waals surface area (Å²) in [5.74, 6) is 3.40. The topological polar surface area (TPSA) is 30.2 Å². The third-order valence-electron chi connectivity index (χ3n) is 4.33. The third-order valence-corrected chi connectivity index (χ3v) is 5.71. The predicted molar refractivity (Wildman–Crippen MR) is 124 cm³/mol. The Balaban J connectivity index is 1.94. The smallest absolute Gasteiger partial charge is 0.157 e. The fraction of sp³-hybridized carbons (Fsp3) is 0.130. The Kier molecular flexibility index (Phi) is 5.22. The Morgan fingerprint density at radius 1 is 0.862 bits per heavy atom. The van der Waals surface area contributed by atoms with E-state index in [1.807, 2.05) is 65.3 Å². The van der Waals surface area contributed by atoms with Crippen LogP contribution in [0.25, 0.3) is 28.0 Å². The van der Waals surface area contributed by atoms with Crippen molar-refractivity contribution < 1.29 is 0 Å². The molecule has 0 fully saturated rings. The second kappa shape index (κ2) is 7.68. The van der Waals surface area contributed by atoms with E-state index in [-0.39, 0.29) is 0 Å². The van der Waals surface area contributed by atoms with E-state index in [0.717, 1.165) is 33.7 Å². The van der Waals surface area contributed by atoms with E-state index in [0.29, 0.717) is 10.0 Å². The molecular formula is C23H19Cl2N3Si. The normalized spacial score (nSPS) is 11.3. The Bertz CT molecular complexity index is 1240. The van der Waals surface area contributed by atoms with Gasteiger partial charge in [-0.25, -0.2) is 9.50 Å². The van der Waals surface area contributed by atoms with E-state index in [2.05, 4.69) is 36.1 Å². The molecule has 0 aliphatic heterocycles. The zero-order valence-electron chi connectivity index (χ0n) is 16.4. The van der Waals surface area contributed by atoms with Crippen LogP contribution in [0, 0.1) is 11.5 Å². The molecule has 0 amide bonds. The summed E-state index contributed by atoms with van der Waals surface area (Å²) >= 11 is 12.1. The molecule has 0 saturated carbocycles. The van der Waals surface area contributed by atoms with Crippen molar-refractivity contribution in [2.24, 2.45) is 0 Å². The zero-order valence-corrected chi connectivity index (χ0v) is 18.9. The molecule has 4 rings (SSSR count). The summed E-state index contributed by atoms with van der Waals surface area (Å²) in [4.78, 5) is 4.63. The van der Waals surface area contributed by atoms with Crippen molar-refractivity contribution in [2.75, 3.05) is 0 Å². The van der Waals surface area contributed by atoms with Crippen LogP contribution in [0.15, 0.2) is 60.8 Å². The fourth-order valence-electron chi connectivity index (χ4n) is 2.90. The molecular weight excluding hydrogens is 417 g/mol. The molecule has 0 aliphatic carbocycles. The number of fused-ring (bicyclic) bond motifs is 1. The van der Waals surface area contributed by atoms with Crippen LogP contribution in [-0.2, 0) is 0 Å². The SMILES string of the molecule is C[Si](C)(C)C#Cc1c(-c2ccc(Cl)cc2)cnc2cc(-c3ccc(Cl)cc3)nn12. The molecule has 6 heteroatoms. The van der Waals surface area contributed by atoms with E-state index < -0.39 is 8.07 Å². The molecule has 0 spiro atoms. The standard InChI is InChI=1S/C23H19Cl2N3Si/c1-29(2,3)13-12-22-20(16-4-8-18(24)9-5-16)15-26-23-14-21(27-28(22)23)17-6-10-19(25)11-7-17/h4-11,14-15H,1-3H3. The monoisotopic (exact) mass is 435 g/mol. The predicted octanol–water partition coefficient (Wildman–Crippen LogP) is 6.60. The molecule has 29 heavy (non-hydrogen) atoms. The average molecular weight is 436 g/mol. The van der Waals surface area contributed by atoms with Crippen molar-refractivity contribution >= 4 is 36.9 Å². The summed E-state index contributed by atoms with van der Waals surface area (Å²) in [7, 11) is -1.58. The van der Waals surface area contributed by atoms with Gasteiger partial charge in [-0.3, -0.25) is 0 Å². The summed E-state index contributed by atoms with van der Waals surface area (Å²) in [5, 5.41) is 6.21. The molecule has 0 radical (unpaired) electrons. The Morgan fingerprint density at radius 2 is 1.45 bits per heavy atom. The minimum atomic E-state index is -1.58. The number of rotatable bonds is 2. The van der Waals surface area contributed by atoms with Gasteiger partial charge in [-0.05, 0) is 29.8 Å². The number of benzene rings is 2. The van der Waals surface area contributed by atoms with Gasteiger partial charge in [0.05, 0.1) is 5.69 Å². The first kappa shape index (κ1) is 19.7. The summed E-state index contributed by atoms with van der Waals surface area (Å²) in [5.41, 5.74) is 8.81. The molecule has 0 N–H and O–H groups in total. The van der Waals surface area contributed by atoms with Gasteiger partial charge in [0.1, 0.15) is 13.8 Å². The number of aromatic nitrogens is 3. The number of hydrogen-bond acceptors (Lipinski definition) is 2. The van der Waals surface area contributed by atoms with Crippen LogP contribution in [0.4, 0.5) is 0 Å². The van der Waals surface area contributed by atoms with Gasteiger partial charge in [0.15, 0.2) is 5.65 Å². The van der Waals surface area contributed by atoms with Crippen molar-refractivity contribution in [3.05, 3.63) is 76.5 Å². The summed E-state index contributed by atoms with van der Waals surface area (Å²) in [6.07, 6.45) is 1.86. The van der Waals surface area contributed by atoms with Gasteiger partial charge in [-0.15, -0.1) is 5.54 Å². The fourth-order valence-corrected chi connectivity index (χ4v) is 3.65. The van der Waals surface area contributed by atoms with Crippen LogP contribution in [-0.4, -0.2) is 22.7 Å². The largest absolute Gasteiger partial charge is 0.236 e. The van der Waals surface area contributed by atoms with Gasteiger partial charge in [0.2, 0.25) is 0 Å². The molecule has 0 unspecified atom stereocenters. The molecule has 0 bridgehead atoms. The second-order valence-corrected chi connectivity index (χ2v) is 13.5. The van der Waals surface area contributed by atoms with Crippen molar-refractivity contribution in [2.45, 2.75) is 19.6 Å². The molecule has 0 atom stereocenters. The van der Waals surface area contributed by atoms with Crippen LogP contribution in [0.2, 0.25) is 29.7 Å². The highest BCUT2D eigenvalue weighted by Crippen LogP contribution is 2.27. The maximum absolute atomic E-state index is 6.07. The lowest BCUT2D eigenvalue weighted by atomic mass is 10.1. The Hall–Kier alpha value is -2.58. The maximum Gasteiger partial charge on any atom is 0.157 e. The lowest BCUT2D eigenvalue weighted by molar-refractivity contribution is 0.930. The molecule has 4 aromatic rings. The van der Waals surface area contributed by atoms with Crippen molar-refractivity contribution in [1.82, 2.24) is 14.6 Å². The highest BCUT2D eigenvalue weighted by molar-refractivity contribution is 6.83. The van der Waals surface area contributed by atoms with E-state index in [1.54, 1.807) is 0 Å². The van der Waals surface area contributed by atoms with Gasteiger partial charge < -0.3 is 0 Å². The van der Waals surface area contributed by atoms with Crippen LogP contribution < -0.4 is 0 Å². The van der Waals surface area contributed by atoms with Crippen molar-refractivity contribution in [3.8, 4) is 33.8 Å². The minimum absolute atomic E-state index is 0.696.